The van der Waals surface area contributed by atoms with Crippen LogP contribution in [0.1, 0.15) is 32.1 Å². The molecule has 2 aliphatic carbocycles. The van der Waals surface area contributed by atoms with Crippen molar-refractivity contribution in [2.45, 2.75) is 32.1 Å². The number of hydrogen-bond donors (Lipinski definition) is 4. The van der Waals surface area contributed by atoms with Crippen LogP contribution < -0.4 is 22.3 Å². The zero-order chi connectivity index (χ0) is 13.8. The third-order valence-electron chi connectivity index (χ3n) is 3.63. The van der Waals surface area contributed by atoms with Crippen LogP contribution in [0, 0.1) is 11.8 Å². The molecule has 4 amide bonds. The van der Waals surface area contributed by atoms with Gasteiger partial charge in [0.05, 0.1) is 0 Å². The van der Waals surface area contributed by atoms with Crippen LogP contribution in [-0.4, -0.2) is 23.5 Å². The summed E-state index contributed by atoms with van der Waals surface area (Å²) in [6.45, 7) is 0. The maximum atomic E-state index is 10.6. The zero-order valence-electron chi connectivity index (χ0n) is 10.6. The van der Waals surface area contributed by atoms with Gasteiger partial charge in [-0.1, -0.05) is 0 Å². The fraction of sp³-hybridized carbons (Fsp3) is 0.636. The Bertz CT molecular complexity index is 404. The topological polar surface area (TPSA) is 135 Å². The average molecular weight is 266 g/mol. The normalized spacial score (nSPS) is 30.1. The minimum Gasteiger partial charge on any atom is -0.350 e. The van der Waals surface area contributed by atoms with E-state index in [2.05, 4.69) is 21.1 Å². The maximum Gasteiger partial charge on any atom is 0.332 e. The van der Waals surface area contributed by atoms with Crippen LogP contribution in [0.5, 0.6) is 0 Å². The van der Waals surface area contributed by atoms with E-state index in [1.54, 1.807) is 0 Å². The van der Waals surface area contributed by atoms with E-state index in [-0.39, 0.29) is 0 Å². The first-order chi connectivity index (χ1) is 9.06. The first-order valence-electron chi connectivity index (χ1n) is 6.30. The highest BCUT2D eigenvalue weighted by molar-refractivity contribution is 5.95. The van der Waals surface area contributed by atoms with Gasteiger partial charge in [0.25, 0.3) is 0 Å². The van der Waals surface area contributed by atoms with E-state index < -0.39 is 12.1 Å². The second-order valence-corrected chi connectivity index (χ2v) is 4.87. The molecular formula is C11H18N6O2. The van der Waals surface area contributed by atoms with E-state index in [1.807, 2.05) is 0 Å². The summed E-state index contributed by atoms with van der Waals surface area (Å²) >= 11 is 0. The predicted molar refractivity (Wildman–Crippen MR) is 70.4 cm³/mol. The molecule has 0 spiro atoms. The van der Waals surface area contributed by atoms with Crippen LogP contribution in [0.3, 0.4) is 0 Å². The Morgan fingerprint density at radius 2 is 1.37 bits per heavy atom. The van der Waals surface area contributed by atoms with Gasteiger partial charge in [0.15, 0.2) is 0 Å². The molecule has 104 valence electrons. The number of rotatable bonds is 2. The van der Waals surface area contributed by atoms with Crippen molar-refractivity contribution in [1.82, 2.24) is 10.9 Å². The molecule has 2 saturated carbocycles. The van der Waals surface area contributed by atoms with E-state index in [0.29, 0.717) is 11.8 Å². The van der Waals surface area contributed by atoms with Crippen molar-refractivity contribution in [1.29, 1.82) is 0 Å². The molecule has 2 rings (SSSR count). The Kier molecular flexibility index (Phi) is 3.98. The van der Waals surface area contributed by atoms with Crippen molar-refractivity contribution in [2.24, 2.45) is 33.5 Å². The Morgan fingerprint density at radius 3 is 1.74 bits per heavy atom. The molecule has 2 bridgehead atoms. The van der Waals surface area contributed by atoms with Gasteiger partial charge in [-0.25, -0.2) is 20.4 Å². The van der Waals surface area contributed by atoms with Crippen molar-refractivity contribution < 1.29 is 9.59 Å². The number of carbonyl (C=O) groups excluding carboxylic acids is 2. The number of nitrogens with one attached hydrogen (secondary N) is 2. The summed E-state index contributed by atoms with van der Waals surface area (Å²) in [7, 11) is 0. The number of hydrazone groups is 2. The van der Waals surface area contributed by atoms with Gasteiger partial charge >= 0.3 is 12.1 Å². The molecule has 8 nitrogen and oxygen atoms in total. The lowest BCUT2D eigenvalue weighted by atomic mass is 9.70. The highest BCUT2D eigenvalue weighted by atomic mass is 16.2. The molecule has 0 aromatic heterocycles. The first-order valence-corrected chi connectivity index (χ1v) is 6.30. The quantitative estimate of drug-likeness (QED) is 0.533. The van der Waals surface area contributed by atoms with Crippen LogP contribution in [0.15, 0.2) is 10.2 Å². The Labute approximate surface area is 110 Å². The van der Waals surface area contributed by atoms with Gasteiger partial charge in [0.1, 0.15) is 0 Å². The molecule has 0 aromatic rings. The Morgan fingerprint density at radius 1 is 0.947 bits per heavy atom. The summed E-state index contributed by atoms with van der Waals surface area (Å²) in [5.74, 6) is 0.719. The van der Waals surface area contributed by atoms with Crippen molar-refractivity contribution in [2.75, 3.05) is 0 Å². The molecule has 19 heavy (non-hydrogen) atoms. The monoisotopic (exact) mass is 266 g/mol. The van der Waals surface area contributed by atoms with E-state index in [1.165, 1.54) is 0 Å². The summed E-state index contributed by atoms with van der Waals surface area (Å²) in [4.78, 5) is 21.3. The lowest BCUT2D eigenvalue weighted by molar-refractivity contribution is 0.248. The van der Waals surface area contributed by atoms with Gasteiger partial charge < -0.3 is 11.5 Å². The molecule has 0 unspecified atom stereocenters. The molecule has 8 heteroatoms. The number of hydrogen-bond acceptors (Lipinski definition) is 4. The van der Waals surface area contributed by atoms with Crippen LogP contribution in [0.25, 0.3) is 0 Å². The summed E-state index contributed by atoms with van der Waals surface area (Å²) in [5, 5.41) is 8.13. The van der Waals surface area contributed by atoms with Crippen LogP contribution in [0.4, 0.5) is 9.59 Å². The van der Waals surface area contributed by atoms with Crippen LogP contribution in [0.2, 0.25) is 0 Å². The number of nitrogens with two attached hydrogens (primary N) is 2. The highest BCUT2D eigenvalue weighted by Crippen LogP contribution is 2.36. The van der Waals surface area contributed by atoms with E-state index >= 15 is 0 Å². The lowest BCUT2D eigenvalue weighted by Gasteiger charge is -2.36. The number of carbonyl (C=O) groups is 2. The molecule has 0 heterocycles. The van der Waals surface area contributed by atoms with Gasteiger partial charge in [-0.05, 0) is 32.1 Å². The molecule has 0 aromatic carbocycles. The van der Waals surface area contributed by atoms with Gasteiger partial charge in [-0.15, -0.1) is 0 Å². The third kappa shape index (κ3) is 3.43. The number of fused-ring (bicyclic) bond motifs is 2. The number of primary amides is 2. The van der Waals surface area contributed by atoms with Crippen molar-refractivity contribution in [3.8, 4) is 0 Å². The van der Waals surface area contributed by atoms with E-state index in [9.17, 15) is 9.59 Å². The third-order valence-corrected chi connectivity index (χ3v) is 3.63. The average Bonchev–Trinajstić information content (AvgIpc) is 2.36. The number of amides is 4. The van der Waals surface area contributed by atoms with E-state index in [0.717, 1.165) is 43.5 Å². The molecular weight excluding hydrogens is 248 g/mol. The predicted octanol–water partition coefficient (Wildman–Crippen LogP) is 0.245. The Hall–Kier alpha value is -2.12. The molecule has 0 radical (unpaired) electrons. The van der Waals surface area contributed by atoms with Crippen molar-refractivity contribution in [3.05, 3.63) is 0 Å². The summed E-state index contributed by atoms with van der Waals surface area (Å²) in [6.07, 6.45) is 4.39. The van der Waals surface area contributed by atoms with Gasteiger partial charge in [0, 0.05) is 23.3 Å². The minimum absolute atomic E-state index is 0.359. The fourth-order valence-corrected chi connectivity index (χ4v) is 2.79. The summed E-state index contributed by atoms with van der Waals surface area (Å²) < 4.78 is 0. The number of urea groups is 2. The van der Waals surface area contributed by atoms with Gasteiger partial charge in [-0.3, -0.25) is 0 Å². The minimum atomic E-state index is -0.640. The fourth-order valence-electron chi connectivity index (χ4n) is 2.79. The summed E-state index contributed by atoms with van der Waals surface area (Å²) in [5.41, 5.74) is 16.6. The Balaban J connectivity index is 1.98. The number of nitrogens with zero attached hydrogens (tertiary/aromatic N) is 2. The second-order valence-electron chi connectivity index (χ2n) is 4.87. The molecule has 0 saturated heterocycles. The molecule has 2 atom stereocenters. The van der Waals surface area contributed by atoms with Gasteiger partial charge in [-0.2, -0.15) is 10.2 Å². The zero-order valence-corrected chi connectivity index (χ0v) is 10.6. The largest absolute Gasteiger partial charge is 0.350 e. The maximum absolute atomic E-state index is 10.6. The van der Waals surface area contributed by atoms with Crippen molar-refractivity contribution in [3.63, 3.8) is 0 Å². The lowest BCUT2D eigenvalue weighted by Crippen LogP contribution is -2.38. The molecule has 2 aliphatic rings. The van der Waals surface area contributed by atoms with Crippen molar-refractivity contribution >= 4 is 23.5 Å². The van der Waals surface area contributed by atoms with Crippen LogP contribution in [-0.2, 0) is 0 Å². The van der Waals surface area contributed by atoms with Gasteiger partial charge in [0.2, 0.25) is 0 Å². The standard InChI is InChI=1S/C11H18N6O2/c12-10(18)16-14-8-3-1-6-5-7(8)2-4-9(6)15-17-11(13)19/h6-7H,1-5H2,(H3,12,16,18)(H3,13,17,19)/b14-8-,15-9+/t6-,7-/m1/s1. The smallest absolute Gasteiger partial charge is 0.332 e. The molecule has 0 aliphatic heterocycles. The molecule has 6 N–H and O–H groups in total. The second kappa shape index (κ2) is 5.68. The highest BCUT2D eigenvalue weighted by Gasteiger charge is 2.34. The first kappa shape index (κ1) is 13.3. The molecule has 2 fully saturated rings. The SMILES string of the molecule is NC(=O)N/N=C1/CC[C@@H]2C[C@H]1CC/C2=N\NC(N)=O. The summed E-state index contributed by atoms with van der Waals surface area (Å²) in [6, 6.07) is -1.28. The van der Waals surface area contributed by atoms with E-state index in [4.69, 9.17) is 11.5 Å². The van der Waals surface area contributed by atoms with Crippen LogP contribution >= 0.6 is 0 Å².